The van der Waals surface area contributed by atoms with Crippen molar-refractivity contribution in [3.8, 4) is 0 Å². The summed E-state index contributed by atoms with van der Waals surface area (Å²) in [7, 11) is -0.339. The normalized spacial score (nSPS) is 17.2. The molecule has 2 heterocycles. The third-order valence-electron chi connectivity index (χ3n) is 3.01. The number of allylic oxidation sites excluding steroid dienone is 3. The molecule has 1 aliphatic rings. The van der Waals surface area contributed by atoms with E-state index in [-0.39, 0.29) is 16.1 Å². The summed E-state index contributed by atoms with van der Waals surface area (Å²) in [5.41, 5.74) is 0.987. The minimum Gasteiger partial charge on any atom is -0.302 e. The standard InChI is InChI=1S/C16H19NOS/c18-14-16(19-12-6-7-13-19)10-3-1-2-8-15-9-4-5-11-17-15/h2,4-9,11-14,16,19H,1,3,10H2/b8-2-. The molecule has 0 aromatic carbocycles. The Balaban J connectivity index is 1.71. The van der Waals surface area contributed by atoms with E-state index in [2.05, 4.69) is 21.9 Å². The molecule has 1 aromatic heterocycles. The second-order valence-corrected chi connectivity index (χ2v) is 6.58. The van der Waals surface area contributed by atoms with Crippen LogP contribution in [-0.2, 0) is 4.79 Å². The van der Waals surface area contributed by atoms with Gasteiger partial charge < -0.3 is 4.79 Å². The molecule has 100 valence electrons. The van der Waals surface area contributed by atoms with Crippen LogP contribution in [0.5, 0.6) is 0 Å². The molecule has 0 saturated carbocycles. The Labute approximate surface area is 117 Å². The molecule has 0 spiro atoms. The van der Waals surface area contributed by atoms with Gasteiger partial charge in [-0.15, -0.1) is 0 Å². The first-order valence-electron chi connectivity index (χ1n) is 6.55. The van der Waals surface area contributed by atoms with Gasteiger partial charge in [-0.2, -0.15) is 0 Å². The highest BCUT2D eigenvalue weighted by molar-refractivity contribution is 8.23. The summed E-state index contributed by atoms with van der Waals surface area (Å²) < 4.78 is 0. The van der Waals surface area contributed by atoms with Gasteiger partial charge in [-0.25, -0.2) is 10.9 Å². The number of pyridine rings is 1. The quantitative estimate of drug-likeness (QED) is 0.464. The predicted molar refractivity (Wildman–Crippen MR) is 84.2 cm³/mol. The Bertz CT molecular complexity index is 467. The number of hydrogen-bond acceptors (Lipinski definition) is 2. The van der Waals surface area contributed by atoms with Crippen molar-refractivity contribution in [2.45, 2.75) is 24.5 Å². The van der Waals surface area contributed by atoms with Crippen LogP contribution in [0, 0.1) is 0 Å². The maximum atomic E-state index is 11.1. The van der Waals surface area contributed by atoms with E-state index in [0.29, 0.717) is 0 Å². The molecule has 0 bridgehead atoms. The van der Waals surface area contributed by atoms with Gasteiger partial charge in [0.25, 0.3) is 0 Å². The number of aldehydes is 1. The fraction of sp³-hybridized carbons (Fsp3) is 0.250. The van der Waals surface area contributed by atoms with Crippen molar-refractivity contribution in [3.05, 3.63) is 59.1 Å². The van der Waals surface area contributed by atoms with E-state index in [1.807, 2.05) is 36.4 Å². The van der Waals surface area contributed by atoms with Gasteiger partial charge in [-0.05, 0) is 48.3 Å². The molecule has 2 nitrogen and oxygen atoms in total. The lowest BCUT2D eigenvalue weighted by molar-refractivity contribution is -0.107. The van der Waals surface area contributed by atoms with Crippen molar-refractivity contribution < 1.29 is 4.79 Å². The van der Waals surface area contributed by atoms with Crippen LogP contribution in [0.3, 0.4) is 0 Å². The highest BCUT2D eigenvalue weighted by Gasteiger charge is 2.13. The smallest absolute Gasteiger partial charge is 0.131 e. The molecule has 1 aliphatic heterocycles. The van der Waals surface area contributed by atoms with Crippen LogP contribution in [-0.4, -0.2) is 16.5 Å². The number of aromatic nitrogens is 1. The first kappa shape index (κ1) is 13.8. The van der Waals surface area contributed by atoms with Gasteiger partial charge in [0.15, 0.2) is 0 Å². The van der Waals surface area contributed by atoms with Crippen LogP contribution in [0.15, 0.2) is 53.4 Å². The van der Waals surface area contributed by atoms with E-state index in [4.69, 9.17) is 0 Å². The Morgan fingerprint density at radius 2 is 2.11 bits per heavy atom. The van der Waals surface area contributed by atoms with E-state index in [0.717, 1.165) is 31.2 Å². The fourth-order valence-corrected chi connectivity index (χ4v) is 3.74. The van der Waals surface area contributed by atoms with Crippen LogP contribution in [0.2, 0.25) is 0 Å². The third kappa shape index (κ3) is 4.52. The van der Waals surface area contributed by atoms with Gasteiger partial charge in [0.2, 0.25) is 0 Å². The number of thiol groups is 1. The van der Waals surface area contributed by atoms with Gasteiger partial charge in [0.1, 0.15) is 6.29 Å². The minimum absolute atomic E-state index is 0.188. The average molecular weight is 273 g/mol. The molecule has 0 N–H and O–H groups in total. The maximum absolute atomic E-state index is 11.1. The van der Waals surface area contributed by atoms with E-state index in [9.17, 15) is 4.79 Å². The summed E-state index contributed by atoms with van der Waals surface area (Å²) in [6, 6.07) is 5.88. The molecule has 1 unspecified atom stereocenters. The van der Waals surface area contributed by atoms with Gasteiger partial charge in [0.05, 0.1) is 5.69 Å². The highest BCUT2D eigenvalue weighted by Crippen LogP contribution is 2.39. The van der Waals surface area contributed by atoms with Crippen molar-refractivity contribution in [2.75, 3.05) is 0 Å². The SMILES string of the molecule is O=CC(CCC/C=C\c1ccccn1)[SH]1C=CC=C1. The van der Waals surface area contributed by atoms with E-state index in [1.165, 1.54) is 0 Å². The number of rotatable bonds is 7. The first-order valence-corrected chi connectivity index (χ1v) is 8.10. The summed E-state index contributed by atoms with van der Waals surface area (Å²) >= 11 is 0. The largest absolute Gasteiger partial charge is 0.302 e. The summed E-state index contributed by atoms with van der Waals surface area (Å²) in [4.78, 5) is 15.3. The molecular formula is C16H19NOS. The third-order valence-corrected chi connectivity index (χ3v) is 5.19. The second-order valence-electron chi connectivity index (χ2n) is 4.42. The molecule has 2 rings (SSSR count). The zero-order chi connectivity index (χ0) is 13.3. The molecule has 1 atom stereocenters. The molecule has 0 saturated heterocycles. The fourth-order valence-electron chi connectivity index (χ4n) is 1.98. The Kier molecular flexibility index (Phi) is 5.63. The molecule has 0 fully saturated rings. The molecule has 19 heavy (non-hydrogen) atoms. The minimum atomic E-state index is -0.339. The number of hydrogen-bond donors (Lipinski definition) is 1. The summed E-state index contributed by atoms with van der Waals surface area (Å²) in [5, 5.41) is 4.52. The first-order chi connectivity index (χ1) is 9.40. The summed E-state index contributed by atoms with van der Waals surface area (Å²) in [6.07, 6.45) is 14.2. The van der Waals surface area contributed by atoms with Crippen LogP contribution in [0.25, 0.3) is 6.08 Å². The number of nitrogens with zero attached hydrogens (tertiary/aromatic N) is 1. The Morgan fingerprint density at radius 1 is 1.26 bits per heavy atom. The summed E-state index contributed by atoms with van der Waals surface area (Å²) in [5.74, 6) is 0. The van der Waals surface area contributed by atoms with Gasteiger partial charge in [0, 0.05) is 11.4 Å². The van der Waals surface area contributed by atoms with Crippen molar-refractivity contribution in [1.82, 2.24) is 4.98 Å². The van der Waals surface area contributed by atoms with Crippen LogP contribution in [0.1, 0.15) is 25.0 Å². The van der Waals surface area contributed by atoms with Crippen molar-refractivity contribution >= 4 is 23.3 Å². The van der Waals surface area contributed by atoms with Crippen molar-refractivity contribution in [2.24, 2.45) is 0 Å². The Hall–Kier alpha value is -1.61. The molecule has 0 amide bonds. The van der Waals surface area contributed by atoms with Crippen LogP contribution >= 0.6 is 10.9 Å². The molecule has 0 radical (unpaired) electrons. The lowest BCUT2D eigenvalue weighted by Crippen LogP contribution is -2.06. The van der Waals surface area contributed by atoms with E-state index >= 15 is 0 Å². The lowest BCUT2D eigenvalue weighted by Gasteiger charge is -2.17. The lowest BCUT2D eigenvalue weighted by atomic mass is 10.2. The zero-order valence-electron chi connectivity index (χ0n) is 10.9. The Morgan fingerprint density at radius 3 is 2.79 bits per heavy atom. The molecular weight excluding hydrogens is 254 g/mol. The highest BCUT2D eigenvalue weighted by atomic mass is 32.2. The van der Waals surface area contributed by atoms with E-state index in [1.54, 1.807) is 6.20 Å². The predicted octanol–water partition coefficient (Wildman–Crippen LogP) is 3.87. The van der Waals surface area contributed by atoms with Crippen LogP contribution < -0.4 is 0 Å². The molecule has 1 aromatic rings. The van der Waals surface area contributed by atoms with Crippen LogP contribution in [0.4, 0.5) is 0 Å². The van der Waals surface area contributed by atoms with Crippen molar-refractivity contribution in [3.63, 3.8) is 0 Å². The number of carbonyl (C=O) groups excluding carboxylic acids is 1. The monoisotopic (exact) mass is 273 g/mol. The molecule has 3 heteroatoms. The summed E-state index contributed by atoms with van der Waals surface area (Å²) in [6.45, 7) is 0. The van der Waals surface area contributed by atoms with Gasteiger partial charge >= 0.3 is 0 Å². The zero-order valence-corrected chi connectivity index (χ0v) is 11.7. The number of carbonyl (C=O) groups is 1. The molecule has 0 aliphatic carbocycles. The van der Waals surface area contributed by atoms with Gasteiger partial charge in [-0.1, -0.05) is 24.3 Å². The number of unbranched alkanes of at least 4 members (excludes halogenated alkanes) is 1. The topological polar surface area (TPSA) is 30.0 Å². The average Bonchev–Trinajstić information content (AvgIpc) is 2.98. The van der Waals surface area contributed by atoms with E-state index < -0.39 is 0 Å². The second kappa shape index (κ2) is 7.74. The van der Waals surface area contributed by atoms with Gasteiger partial charge in [-0.3, -0.25) is 4.98 Å². The van der Waals surface area contributed by atoms with Crippen molar-refractivity contribution in [1.29, 1.82) is 0 Å². The maximum Gasteiger partial charge on any atom is 0.131 e.